The second kappa shape index (κ2) is 7.09. The molecule has 0 amide bonds. The molecule has 7 heteroatoms. The van der Waals surface area contributed by atoms with Gasteiger partial charge in [-0.25, -0.2) is 22.3 Å². The van der Waals surface area contributed by atoms with Gasteiger partial charge in [-0.1, -0.05) is 24.3 Å². The fourth-order valence-electron chi connectivity index (χ4n) is 2.80. The number of hydrogen-bond donors (Lipinski definition) is 1. The summed E-state index contributed by atoms with van der Waals surface area (Å²) in [6.45, 7) is 0. The number of anilines is 1. The molecular formula is C20H18F2N2O2S. The molecular weight excluding hydrogens is 370 g/mol. The summed E-state index contributed by atoms with van der Waals surface area (Å²) in [5, 5.41) is 5.11. The Kier molecular flexibility index (Phi) is 4.99. The minimum Gasteiger partial charge on any atom is -0.378 e. The van der Waals surface area contributed by atoms with Gasteiger partial charge in [-0.2, -0.15) is 0 Å². The average molecular weight is 388 g/mol. The number of nitrogens with zero attached hydrogens (tertiary/aromatic N) is 1. The molecule has 0 radical (unpaired) electrons. The molecule has 0 saturated carbocycles. The van der Waals surface area contributed by atoms with Crippen molar-refractivity contribution in [2.45, 2.75) is 4.90 Å². The Morgan fingerprint density at radius 1 is 0.815 bits per heavy atom. The van der Waals surface area contributed by atoms with Crippen molar-refractivity contribution in [1.82, 2.24) is 0 Å². The van der Waals surface area contributed by atoms with E-state index in [2.05, 4.69) is 0 Å². The number of halogens is 2. The van der Waals surface area contributed by atoms with E-state index >= 15 is 0 Å². The third-order valence-corrected chi connectivity index (χ3v) is 5.16. The number of sulfonamides is 1. The Hall–Kier alpha value is -2.77. The summed E-state index contributed by atoms with van der Waals surface area (Å²) >= 11 is 0. The molecule has 0 fully saturated rings. The standard InChI is InChI=1S/C20H18F2N2O2S/c1-24(2)15-5-3-4-14(10-15)18-12-20(22)19(21)11-17(18)13-6-8-16(9-7-13)27(23,25)26/h3-12H,1-2H3,(H2,23,25,26). The van der Waals surface area contributed by atoms with Crippen LogP contribution < -0.4 is 10.0 Å². The van der Waals surface area contributed by atoms with Crippen LogP contribution in [0.25, 0.3) is 22.3 Å². The summed E-state index contributed by atoms with van der Waals surface area (Å²) in [6.07, 6.45) is 0. The van der Waals surface area contributed by atoms with Crippen LogP contribution in [-0.2, 0) is 10.0 Å². The van der Waals surface area contributed by atoms with Gasteiger partial charge in [0.1, 0.15) is 0 Å². The largest absolute Gasteiger partial charge is 0.378 e. The zero-order chi connectivity index (χ0) is 19.8. The lowest BCUT2D eigenvalue weighted by Gasteiger charge is -2.16. The molecule has 3 aromatic rings. The highest BCUT2D eigenvalue weighted by molar-refractivity contribution is 7.89. The number of hydrogen-bond acceptors (Lipinski definition) is 3. The maximum absolute atomic E-state index is 14.0. The van der Waals surface area contributed by atoms with Crippen molar-refractivity contribution in [1.29, 1.82) is 0 Å². The van der Waals surface area contributed by atoms with Gasteiger partial charge in [0, 0.05) is 19.8 Å². The van der Waals surface area contributed by atoms with Crippen LogP contribution in [0.3, 0.4) is 0 Å². The van der Waals surface area contributed by atoms with Crippen LogP contribution in [0.5, 0.6) is 0 Å². The third-order valence-electron chi connectivity index (χ3n) is 4.23. The monoisotopic (exact) mass is 388 g/mol. The molecule has 3 aromatic carbocycles. The van der Waals surface area contributed by atoms with Crippen molar-refractivity contribution in [3.05, 3.63) is 72.3 Å². The van der Waals surface area contributed by atoms with Crippen molar-refractivity contribution in [3.8, 4) is 22.3 Å². The maximum atomic E-state index is 14.0. The molecule has 2 N–H and O–H groups in total. The molecule has 27 heavy (non-hydrogen) atoms. The first-order valence-electron chi connectivity index (χ1n) is 8.07. The number of rotatable bonds is 4. The predicted octanol–water partition coefficient (Wildman–Crippen LogP) is 4.01. The van der Waals surface area contributed by atoms with Gasteiger partial charge in [0.2, 0.25) is 10.0 Å². The first kappa shape index (κ1) is 19.0. The van der Waals surface area contributed by atoms with Crippen LogP contribution in [0.1, 0.15) is 0 Å². The van der Waals surface area contributed by atoms with Crippen LogP contribution in [0.4, 0.5) is 14.5 Å². The summed E-state index contributed by atoms with van der Waals surface area (Å²) in [7, 11) is -0.0614. The summed E-state index contributed by atoms with van der Waals surface area (Å²) < 4.78 is 50.8. The molecule has 0 aliphatic rings. The normalized spacial score (nSPS) is 11.4. The minimum absolute atomic E-state index is 0.0509. The molecule has 0 spiro atoms. The van der Waals surface area contributed by atoms with Crippen molar-refractivity contribution in [3.63, 3.8) is 0 Å². The van der Waals surface area contributed by atoms with Crippen LogP contribution in [0.2, 0.25) is 0 Å². The lowest BCUT2D eigenvalue weighted by molar-refractivity contribution is 0.509. The van der Waals surface area contributed by atoms with Crippen molar-refractivity contribution < 1.29 is 17.2 Å². The first-order valence-corrected chi connectivity index (χ1v) is 9.61. The van der Waals surface area contributed by atoms with E-state index in [4.69, 9.17) is 5.14 Å². The highest BCUT2D eigenvalue weighted by Crippen LogP contribution is 2.35. The van der Waals surface area contributed by atoms with E-state index in [-0.39, 0.29) is 4.90 Å². The van der Waals surface area contributed by atoms with E-state index in [0.717, 1.165) is 17.8 Å². The van der Waals surface area contributed by atoms with Gasteiger partial charge in [-0.15, -0.1) is 0 Å². The highest BCUT2D eigenvalue weighted by atomic mass is 32.2. The maximum Gasteiger partial charge on any atom is 0.238 e. The van der Waals surface area contributed by atoms with Crippen molar-refractivity contribution in [2.75, 3.05) is 19.0 Å². The van der Waals surface area contributed by atoms with Crippen LogP contribution in [0.15, 0.2) is 65.6 Å². The van der Waals surface area contributed by atoms with Gasteiger partial charge in [-0.3, -0.25) is 0 Å². The molecule has 0 aliphatic carbocycles. The fourth-order valence-corrected chi connectivity index (χ4v) is 3.32. The average Bonchev–Trinajstić information content (AvgIpc) is 2.63. The lowest BCUT2D eigenvalue weighted by atomic mass is 9.94. The third kappa shape index (κ3) is 3.99. The molecule has 0 aromatic heterocycles. The molecule has 0 saturated heterocycles. The SMILES string of the molecule is CN(C)c1cccc(-c2cc(F)c(F)cc2-c2ccc(S(N)(=O)=O)cc2)c1. The van der Waals surface area contributed by atoms with Crippen molar-refractivity contribution >= 4 is 15.7 Å². The van der Waals surface area contributed by atoms with Crippen LogP contribution in [0, 0.1) is 11.6 Å². The first-order chi connectivity index (χ1) is 12.7. The summed E-state index contributed by atoms with van der Waals surface area (Å²) in [5.74, 6) is -1.93. The number of primary sulfonamides is 1. The lowest BCUT2D eigenvalue weighted by Crippen LogP contribution is -2.11. The number of nitrogens with two attached hydrogens (primary N) is 1. The summed E-state index contributed by atoms with van der Waals surface area (Å²) in [5.41, 5.74) is 3.12. The minimum atomic E-state index is -3.83. The van der Waals surface area contributed by atoms with E-state index < -0.39 is 21.7 Å². The van der Waals surface area contributed by atoms with Gasteiger partial charge < -0.3 is 4.90 Å². The quantitative estimate of drug-likeness (QED) is 0.734. The van der Waals surface area contributed by atoms with E-state index in [9.17, 15) is 17.2 Å². The van der Waals surface area contributed by atoms with Gasteiger partial charge in [0.05, 0.1) is 4.90 Å². The smallest absolute Gasteiger partial charge is 0.238 e. The van der Waals surface area contributed by atoms with Gasteiger partial charge in [0.15, 0.2) is 11.6 Å². The molecule has 0 atom stereocenters. The summed E-state index contributed by atoms with van der Waals surface area (Å²) in [6, 6.07) is 15.4. The Morgan fingerprint density at radius 3 is 1.89 bits per heavy atom. The van der Waals surface area contributed by atoms with Crippen LogP contribution >= 0.6 is 0 Å². The molecule has 0 heterocycles. The molecule has 4 nitrogen and oxygen atoms in total. The Morgan fingerprint density at radius 2 is 1.37 bits per heavy atom. The van der Waals surface area contributed by atoms with E-state index in [1.54, 1.807) is 0 Å². The van der Waals surface area contributed by atoms with Crippen LogP contribution in [-0.4, -0.2) is 22.5 Å². The van der Waals surface area contributed by atoms with E-state index in [1.165, 1.54) is 24.3 Å². The van der Waals surface area contributed by atoms with E-state index in [0.29, 0.717) is 22.3 Å². The molecule has 0 unspecified atom stereocenters. The second-order valence-electron chi connectivity index (χ2n) is 6.33. The van der Waals surface area contributed by atoms with Gasteiger partial charge in [0.25, 0.3) is 0 Å². The highest BCUT2D eigenvalue weighted by Gasteiger charge is 2.15. The Bertz CT molecular complexity index is 1100. The second-order valence-corrected chi connectivity index (χ2v) is 7.89. The Labute approximate surface area is 156 Å². The zero-order valence-electron chi connectivity index (χ0n) is 14.8. The zero-order valence-corrected chi connectivity index (χ0v) is 15.6. The van der Waals surface area contributed by atoms with Crippen molar-refractivity contribution in [2.24, 2.45) is 5.14 Å². The fraction of sp³-hybridized carbons (Fsp3) is 0.100. The number of benzene rings is 3. The topological polar surface area (TPSA) is 63.4 Å². The predicted molar refractivity (Wildman–Crippen MR) is 103 cm³/mol. The summed E-state index contributed by atoms with van der Waals surface area (Å²) in [4.78, 5) is 1.86. The Balaban J connectivity index is 2.19. The van der Waals surface area contributed by atoms with Gasteiger partial charge >= 0.3 is 0 Å². The molecule has 3 rings (SSSR count). The molecule has 0 aliphatic heterocycles. The molecule has 0 bridgehead atoms. The van der Waals surface area contributed by atoms with E-state index in [1.807, 2.05) is 43.3 Å². The molecule has 140 valence electrons. The van der Waals surface area contributed by atoms with Gasteiger partial charge in [-0.05, 0) is 58.7 Å².